The third-order valence-corrected chi connectivity index (χ3v) is 7.30. The maximum absolute atomic E-state index is 13.9. The Morgan fingerprint density at radius 1 is 0.872 bits per heavy atom. The van der Waals surface area contributed by atoms with E-state index in [2.05, 4.69) is 28.2 Å². The van der Waals surface area contributed by atoms with E-state index in [4.69, 9.17) is 0 Å². The number of fused-ring (bicyclic) bond motifs is 1. The van der Waals surface area contributed by atoms with Crippen molar-refractivity contribution in [2.75, 3.05) is 38.0 Å². The van der Waals surface area contributed by atoms with Crippen molar-refractivity contribution in [1.82, 2.24) is 14.8 Å². The molecule has 1 aromatic heterocycles. The van der Waals surface area contributed by atoms with Gasteiger partial charge in [0.1, 0.15) is 0 Å². The number of anilines is 1. The summed E-state index contributed by atoms with van der Waals surface area (Å²) in [6.07, 6.45) is -0.861. The number of carbonyl (C=O) groups excluding carboxylic acids is 1. The lowest BCUT2D eigenvalue weighted by Crippen LogP contribution is -2.45. The van der Waals surface area contributed by atoms with Gasteiger partial charge in [-0.3, -0.25) is 14.7 Å². The van der Waals surface area contributed by atoms with Crippen LogP contribution in [0.4, 0.5) is 18.9 Å². The smallest absolute Gasteiger partial charge is 0.326 e. The fourth-order valence-corrected chi connectivity index (χ4v) is 5.03. The Morgan fingerprint density at radius 2 is 1.59 bits per heavy atom. The molecule has 1 saturated heterocycles. The first-order valence-electron chi connectivity index (χ1n) is 13.2. The van der Waals surface area contributed by atoms with Crippen LogP contribution < -0.4 is 5.32 Å². The van der Waals surface area contributed by atoms with Crippen LogP contribution in [-0.4, -0.2) is 53.4 Å². The second kappa shape index (κ2) is 11.6. The summed E-state index contributed by atoms with van der Waals surface area (Å²) >= 11 is 0. The first-order chi connectivity index (χ1) is 18.8. The summed E-state index contributed by atoms with van der Waals surface area (Å²) in [5.41, 5.74) is 2.49. The van der Waals surface area contributed by atoms with Crippen molar-refractivity contribution < 1.29 is 18.0 Å². The van der Waals surface area contributed by atoms with Gasteiger partial charge in [-0.2, -0.15) is 13.2 Å². The van der Waals surface area contributed by atoms with Crippen molar-refractivity contribution >= 4 is 22.4 Å². The normalized spacial score (nSPS) is 15.0. The Morgan fingerprint density at radius 3 is 2.31 bits per heavy atom. The average Bonchev–Trinajstić information content (AvgIpc) is 2.94. The van der Waals surface area contributed by atoms with Crippen LogP contribution in [0.3, 0.4) is 0 Å². The molecule has 202 valence electrons. The molecule has 0 unspecified atom stereocenters. The van der Waals surface area contributed by atoms with Crippen LogP contribution in [0.25, 0.3) is 21.9 Å². The summed E-state index contributed by atoms with van der Waals surface area (Å²) in [5.74, 6) is -0.365. The van der Waals surface area contributed by atoms with Gasteiger partial charge in [0.25, 0.3) is 0 Å². The number of amides is 1. The van der Waals surface area contributed by atoms with Crippen molar-refractivity contribution in [3.63, 3.8) is 0 Å². The highest BCUT2D eigenvalue weighted by atomic mass is 19.4. The first-order valence-corrected chi connectivity index (χ1v) is 13.2. The van der Waals surface area contributed by atoms with Gasteiger partial charge < -0.3 is 10.2 Å². The summed E-state index contributed by atoms with van der Waals surface area (Å²) in [7, 11) is 0. The van der Waals surface area contributed by atoms with Gasteiger partial charge in [-0.05, 0) is 58.5 Å². The van der Waals surface area contributed by atoms with E-state index in [-0.39, 0.29) is 30.1 Å². The Bertz CT molecular complexity index is 1440. The van der Waals surface area contributed by atoms with E-state index < -0.39 is 11.7 Å². The predicted molar refractivity (Wildman–Crippen MR) is 148 cm³/mol. The van der Waals surface area contributed by atoms with E-state index >= 15 is 0 Å². The highest BCUT2D eigenvalue weighted by molar-refractivity contribution is 5.92. The average molecular weight is 533 g/mol. The number of benzene rings is 3. The van der Waals surface area contributed by atoms with E-state index in [1.807, 2.05) is 53.6 Å². The molecular formula is C31H31F3N4O. The summed E-state index contributed by atoms with van der Waals surface area (Å²) in [4.78, 5) is 21.2. The molecule has 8 heteroatoms. The molecule has 4 aromatic rings. The lowest BCUT2D eigenvalue weighted by atomic mass is 10.0. The van der Waals surface area contributed by atoms with E-state index in [0.29, 0.717) is 0 Å². The Hall–Kier alpha value is -3.75. The van der Waals surface area contributed by atoms with Gasteiger partial charge in [0.05, 0.1) is 12.0 Å². The Labute approximate surface area is 226 Å². The minimum Gasteiger partial charge on any atom is -0.326 e. The molecule has 0 atom stereocenters. The highest BCUT2D eigenvalue weighted by Crippen LogP contribution is 2.35. The SMILES string of the molecule is CCN1CCN(Cc2ccc(NC(=O)Cc3ccc(-c4ccc5ccncc5c4)cc3)cc2C(F)(F)F)CC1. The number of likely N-dealkylation sites (N-methyl/N-ethyl adjacent to an activating group) is 1. The van der Waals surface area contributed by atoms with Crippen molar-refractivity contribution in [1.29, 1.82) is 0 Å². The highest BCUT2D eigenvalue weighted by Gasteiger charge is 2.34. The minimum absolute atomic E-state index is 0.0622. The fraction of sp³-hybridized carbons (Fsp3) is 0.290. The number of piperazine rings is 1. The van der Waals surface area contributed by atoms with Gasteiger partial charge in [0.15, 0.2) is 0 Å². The van der Waals surface area contributed by atoms with Gasteiger partial charge in [-0.1, -0.05) is 49.4 Å². The van der Waals surface area contributed by atoms with Gasteiger partial charge in [-0.25, -0.2) is 0 Å². The summed E-state index contributed by atoms with van der Waals surface area (Å²) in [6, 6.07) is 19.8. The summed E-state index contributed by atoms with van der Waals surface area (Å²) in [6.45, 7) is 6.45. The molecular weight excluding hydrogens is 501 g/mol. The molecule has 0 bridgehead atoms. The summed E-state index contributed by atoms with van der Waals surface area (Å²) in [5, 5.41) is 4.80. The second-order valence-electron chi connectivity index (χ2n) is 9.94. The third kappa shape index (κ3) is 6.64. The fourth-order valence-electron chi connectivity index (χ4n) is 5.03. The molecule has 1 fully saturated rings. The molecule has 3 aromatic carbocycles. The van der Waals surface area contributed by atoms with Gasteiger partial charge >= 0.3 is 6.18 Å². The van der Waals surface area contributed by atoms with Crippen LogP contribution in [-0.2, 0) is 23.9 Å². The van der Waals surface area contributed by atoms with Crippen molar-refractivity contribution in [3.8, 4) is 11.1 Å². The molecule has 0 saturated carbocycles. The molecule has 1 aliphatic heterocycles. The zero-order chi connectivity index (χ0) is 27.4. The number of hydrogen-bond donors (Lipinski definition) is 1. The number of hydrogen-bond acceptors (Lipinski definition) is 4. The van der Waals surface area contributed by atoms with Crippen LogP contribution >= 0.6 is 0 Å². The molecule has 5 rings (SSSR count). The number of nitrogens with zero attached hydrogens (tertiary/aromatic N) is 3. The van der Waals surface area contributed by atoms with Crippen molar-refractivity contribution in [2.45, 2.75) is 26.1 Å². The monoisotopic (exact) mass is 532 g/mol. The molecule has 0 spiro atoms. The first kappa shape index (κ1) is 26.8. The van der Waals surface area contributed by atoms with Crippen LogP contribution in [0.5, 0.6) is 0 Å². The Balaban J connectivity index is 1.23. The molecule has 0 radical (unpaired) electrons. The molecule has 1 aliphatic rings. The Kier molecular flexibility index (Phi) is 7.95. The van der Waals surface area contributed by atoms with Crippen LogP contribution in [0.1, 0.15) is 23.6 Å². The number of pyridine rings is 1. The van der Waals surface area contributed by atoms with E-state index in [9.17, 15) is 18.0 Å². The zero-order valence-electron chi connectivity index (χ0n) is 21.8. The second-order valence-corrected chi connectivity index (χ2v) is 9.94. The maximum Gasteiger partial charge on any atom is 0.416 e. The molecule has 1 N–H and O–H groups in total. The third-order valence-electron chi connectivity index (χ3n) is 7.30. The standard InChI is InChI=1S/C31H31F3N4O/c1-2-37-13-15-38(16-14-37)21-26-9-10-28(19-29(26)31(32,33)34)36-30(39)17-22-3-5-23(6-4-22)25-8-7-24-11-12-35-20-27(24)18-25/h3-12,18-20H,2,13-17,21H2,1H3,(H,36,39). The van der Waals surface area contributed by atoms with Crippen molar-refractivity contribution in [2.24, 2.45) is 0 Å². The summed E-state index contributed by atoms with van der Waals surface area (Å²) < 4.78 is 41.7. The lowest BCUT2D eigenvalue weighted by Gasteiger charge is -2.34. The van der Waals surface area contributed by atoms with Gasteiger partial charge in [-0.15, -0.1) is 0 Å². The van der Waals surface area contributed by atoms with E-state index in [0.717, 1.165) is 66.3 Å². The van der Waals surface area contributed by atoms with Crippen LogP contribution in [0.2, 0.25) is 0 Å². The van der Waals surface area contributed by atoms with E-state index in [1.165, 1.54) is 6.07 Å². The number of nitrogens with one attached hydrogen (secondary N) is 1. The largest absolute Gasteiger partial charge is 0.416 e. The quantitative estimate of drug-likeness (QED) is 0.306. The molecule has 1 amide bonds. The van der Waals surface area contributed by atoms with Gasteiger partial charge in [0, 0.05) is 56.2 Å². The number of alkyl halides is 3. The van der Waals surface area contributed by atoms with Crippen molar-refractivity contribution in [3.05, 3.63) is 95.8 Å². The molecule has 2 heterocycles. The van der Waals surface area contributed by atoms with Crippen LogP contribution in [0, 0.1) is 0 Å². The van der Waals surface area contributed by atoms with E-state index in [1.54, 1.807) is 12.3 Å². The topological polar surface area (TPSA) is 48.5 Å². The molecule has 5 nitrogen and oxygen atoms in total. The number of rotatable bonds is 7. The number of carbonyl (C=O) groups is 1. The minimum atomic E-state index is -4.50. The molecule has 39 heavy (non-hydrogen) atoms. The van der Waals surface area contributed by atoms with Crippen LogP contribution in [0.15, 0.2) is 79.1 Å². The zero-order valence-corrected chi connectivity index (χ0v) is 21.8. The number of halogens is 3. The van der Waals surface area contributed by atoms with Gasteiger partial charge in [0.2, 0.25) is 5.91 Å². The maximum atomic E-state index is 13.9. The molecule has 0 aliphatic carbocycles. The predicted octanol–water partition coefficient (Wildman–Crippen LogP) is 6.24. The lowest BCUT2D eigenvalue weighted by molar-refractivity contribution is -0.138. The number of aromatic nitrogens is 1.